The molecular weight excluding hydrogens is 160 g/mol. The van der Waals surface area contributed by atoms with Crippen LogP contribution in [0.15, 0.2) is 0 Å². The Kier molecular flexibility index (Phi) is 3.77. The Morgan fingerprint density at radius 2 is 2.31 bits per heavy atom. The summed E-state index contributed by atoms with van der Waals surface area (Å²) in [6.45, 7) is 2.87. The number of hydrogen-bond donors (Lipinski definition) is 2. The zero-order valence-electron chi connectivity index (χ0n) is 8.47. The molecule has 1 saturated carbocycles. The molecule has 0 aliphatic heterocycles. The Balaban J connectivity index is 2.40. The first-order chi connectivity index (χ1) is 6.26. The lowest BCUT2D eigenvalue weighted by atomic mass is 9.76. The van der Waals surface area contributed by atoms with Crippen molar-refractivity contribution in [3.05, 3.63) is 0 Å². The zero-order valence-corrected chi connectivity index (χ0v) is 8.47. The molecule has 1 unspecified atom stereocenters. The third kappa shape index (κ3) is 2.46. The van der Waals surface area contributed by atoms with E-state index in [1.807, 2.05) is 0 Å². The molecule has 1 fully saturated rings. The van der Waals surface area contributed by atoms with E-state index < -0.39 is 0 Å². The van der Waals surface area contributed by atoms with E-state index in [1.54, 1.807) is 0 Å². The van der Waals surface area contributed by atoms with Crippen LogP contribution in [0.25, 0.3) is 0 Å². The fraction of sp³-hybridized carbons (Fsp3) is 0.818. The van der Waals surface area contributed by atoms with Crippen LogP contribution in [0.2, 0.25) is 0 Å². The molecule has 0 spiro atoms. The van der Waals surface area contributed by atoms with Gasteiger partial charge in [-0.25, -0.2) is 0 Å². The van der Waals surface area contributed by atoms with Gasteiger partial charge in [-0.1, -0.05) is 19.3 Å². The van der Waals surface area contributed by atoms with Crippen LogP contribution in [0, 0.1) is 12.3 Å². The fourth-order valence-corrected chi connectivity index (χ4v) is 1.87. The van der Waals surface area contributed by atoms with E-state index in [9.17, 15) is 0 Å². The largest absolute Gasteiger partial charge is 0.329 e. The van der Waals surface area contributed by atoms with Crippen molar-refractivity contribution >= 4 is 0 Å². The van der Waals surface area contributed by atoms with E-state index in [0.717, 1.165) is 19.4 Å². The van der Waals surface area contributed by atoms with Gasteiger partial charge in [0.2, 0.25) is 0 Å². The summed E-state index contributed by atoms with van der Waals surface area (Å²) in [4.78, 5) is 0. The molecule has 0 aromatic rings. The minimum Gasteiger partial charge on any atom is -0.329 e. The minimum atomic E-state index is 0.173. The van der Waals surface area contributed by atoms with Gasteiger partial charge in [-0.05, 0) is 25.7 Å². The van der Waals surface area contributed by atoms with Gasteiger partial charge in [0.15, 0.2) is 0 Å². The minimum absolute atomic E-state index is 0.173. The Labute approximate surface area is 81.3 Å². The van der Waals surface area contributed by atoms with E-state index in [-0.39, 0.29) is 11.6 Å². The van der Waals surface area contributed by atoms with Crippen LogP contribution < -0.4 is 11.1 Å². The second kappa shape index (κ2) is 4.64. The van der Waals surface area contributed by atoms with Crippen molar-refractivity contribution in [3.63, 3.8) is 0 Å². The van der Waals surface area contributed by atoms with Gasteiger partial charge in [-0.3, -0.25) is 5.32 Å². The first kappa shape index (κ1) is 10.6. The molecule has 3 N–H and O–H groups in total. The van der Waals surface area contributed by atoms with Gasteiger partial charge in [0, 0.05) is 12.1 Å². The van der Waals surface area contributed by atoms with Crippen LogP contribution >= 0.6 is 0 Å². The molecule has 0 heterocycles. The molecule has 0 amide bonds. The summed E-state index contributed by atoms with van der Waals surface area (Å²) < 4.78 is 0. The first-order valence-corrected chi connectivity index (χ1v) is 5.20. The summed E-state index contributed by atoms with van der Waals surface area (Å²) in [5.41, 5.74) is 5.91. The van der Waals surface area contributed by atoms with Crippen LogP contribution in [0.3, 0.4) is 0 Å². The van der Waals surface area contributed by atoms with Gasteiger partial charge in [0.25, 0.3) is 0 Å². The Hall–Kier alpha value is -0.520. The molecule has 2 heteroatoms. The molecule has 13 heavy (non-hydrogen) atoms. The molecular formula is C11H20N2. The molecule has 2 nitrogen and oxygen atoms in total. The molecule has 0 bridgehead atoms. The van der Waals surface area contributed by atoms with E-state index in [4.69, 9.17) is 12.2 Å². The Morgan fingerprint density at radius 3 is 2.62 bits per heavy atom. The third-order valence-electron chi connectivity index (χ3n) is 2.96. The maximum Gasteiger partial charge on any atom is 0.0691 e. The van der Waals surface area contributed by atoms with E-state index in [0.29, 0.717) is 0 Å². The standard InChI is InChI=1S/C11H20N2/c1-3-6-10(4-2)13-11(9-12)7-5-8-11/h2,10,13H,3,5-9,12H2,1H3. The highest BCUT2D eigenvalue weighted by atomic mass is 15.0. The van der Waals surface area contributed by atoms with Crippen LogP contribution in [0.5, 0.6) is 0 Å². The SMILES string of the molecule is C#CC(CCC)NC1(CN)CCC1. The number of hydrogen-bond acceptors (Lipinski definition) is 2. The summed E-state index contributed by atoms with van der Waals surface area (Å²) in [6.07, 6.45) is 11.3. The van der Waals surface area contributed by atoms with E-state index >= 15 is 0 Å². The molecule has 0 aromatic carbocycles. The maximum absolute atomic E-state index is 5.74. The summed E-state index contributed by atoms with van der Waals surface area (Å²) >= 11 is 0. The van der Waals surface area contributed by atoms with E-state index in [2.05, 4.69) is 18.2 Å². The first-order valence-electron chi connectivity index (χ1n) is 5.20. The Bertz CT molecular complexity index is 183. The Morgan fingerprint density at radius 1 is 1.62 bits per heavy atom. The molecule has 1 atom stereocenters. The second-order valence-electron chi connectivity index (χ2n) is 3.99. The molecule has 1 aliphatic carbocycles. The summed E-state index contributed by atoms with van der Waals surface area (Å²) in [6, 6.07) is 0.217. The van der Waals surface area contributed by atoms with Crippen molar-refractivity contribution in [3.8, 4) is 12.3 Å². The fourth-order valence-electron chi connectivity index (χ4n) is 1.87. The molecule has 0 radical (unpaired) electrons. The average Bonchev–Trinajstić information content (AvgIpc) is 2.09. The normalized spacial score (nSPS) is 21.6. The molecule has 74 valence electrons. The maximum atomic E-state index is 5.74. The van der Waals surface area contributed by atoms with Crippen LogP contribution in [0.1, 0.15) is 39.0 Å². The van der Waals surface area contributed by atoms with Gasteiger partial charge in [0.05, 0.1) is 6.04 Å². The summed E-state index contributed by atoms with van der Waals surface area (Å²) in [5.74, 6) is 2.79. The lowest BCUT2D eigenvalue weighted by Gasteiger charge is -2.43. The number of nitrogens with two attached hydrogens (primary N) is 1. The second-order valence-corrected chi connectivity index (χ2v) is 3.99. The van der Waals surface area contributed by atoms with Crippen molar-refractivity contribution in [2.75, 3.05) is 6.54 Å². The third-order valence-corrected chi connectivity index (χ3v) is 2.96. The van der Waals surface area contributed by atoms with Gasteiger partial charge in [-0.15, -0.1) is 6.42 Å². The number of terminal acetylenes is 1. The van der Waals surface area contributed by atoms with Crippen molar-refractivity contribution < 1.29 is 0 Å². The smallest absolute Gasteiger partial charge is 0.0691 e. The van der Waals surface area contributed by atoms with Gasteiger partial charge in [-0.2, -0.15) is 0 Å². The topological polar surface area (TPSA) is 38.0 Å². The van der Waals surface area contributed by atoms with Crippen LogP contribution in [-0.4, -0.2) is 18.1 Å². The molecule has 1 rings (SSSR count). The summed E-state index contributed by atoms with van der Waals surface area (Å²) in [5, 5.41) is 3.51. The van der Waals surface area contributed by atoms with Crippen LogP contribution in [0.4, 0.5) is 0 Å². The highest BCUT2D eigenvalue weighted by Gasteiger charge is 2.36. The lowest BCUT2D eigenvalue weighted by Crippen LogP contribution is -2.59. The van der Waals surface area contributed by atoms with Gasteiger partial charge < -0.3 is 5.73 Å². The monoisotopic (exact) mass is 180 g/mol. The van der Waals surface area contributed by atoms with Crippen molar-refractivity contribution in [1.29, 1.82) is 0 Å². The van der Waals surface area contributed by atoms with Crippen molar-refractivity contribution in [1.82, 2.24) is 5.32 Å². The molecule has 0 aromatic heterocycles. The predicted molar refractivity (Wildman–Crippen MR) is 56.3 cm³/mol. The lowest BCUT2D eigenvalue weighted by molar-refractivity contribution is 0.180. The highest BCUT2D eigenvalue weighted by molar-refractivity contribution is 5.06. The van der Waals surface area contributed by atoms with Crippen molar-refractivity contribution in [2.45, 2.75) is 50.6 Å². The average molecular weight is 180 g/mol. The highest BCUT2D eigenvalue weighted by Crippen LogP contribution is 2.31. The molecule has 0 saturated heterocycles. The number of nitrogens with one attached hydrogen (secondary N) is 1. The summed E-state index contributed by atoms with van der Waals surface area (Å²) in [7, 11) is 0. The van der Waals surface area contributed by atoms with Crippen LogP contribution in [-0.2, 0) is 0 Å². The van der Waals surface area contributed by atoms with Crippen molar-refractivity contribution in [2.24, 2.45) is 5.73 Å². The quantitative estimate of drug-likeness (QED) is 0.625. The van der Waals surface area contributed by atoms with Gasteiger partial charge >= 0.3 is 0 Å². The number of rotatable bonds is 5. The van der Waals surface area contributed by atoms with Gasteiger partial charge in [0.1, 0.15) is 0 Å². The predicted octanol–water partition coefficient (Wildman–Crippen LogP) is 1.26. The molecule has 1 aliphatic rings. The zero-order chi connectivity index (χ0) is 9.73. The van der Waals surface area contributed by atoms with E-state index in [1.165, 1.54) is 19.3 Å².